The third-order valence-corrected chi connectivity index (χ3v) is 4.36. The van der Waals surface area contributed by atoms with Crippen molar-refractivity contribution >= 4 is 28.2 Å². The molecule has 0 saturated carbocycles. The highest BCUT2D eigenvalue weighted by atomic mass is 32.1. The van der Waals surface area contributed by atoms with E-state index in [1.54, 1.807) is 35.7 Å². The molecule has 136 valence electrons. The molecule has 0 aliphatic carbocycles. The Morgan fingerprint density at radius 3 is 2.65 bits per heavy atom. The first kappa shape index (κ1) is 19.5. The van der Waals surface area contributed by atoms with Gasteiger partial charge in [0.2, 0.25) is 0 Å². The van der Waals surface area contributed by atoms with Crippen LogP contribution in [-0.2, 0) is 9.53 Å². The van der Waals surface area contributed by atoms with E-state index < -0.39 is 18.0 Å². The Kier molecular flexibility index (Phi) is 7.18. The second-order valence-electron chi connectivity index (χ2n) is 5.54. The molecule has 0 radical (unpaired) electrons. The second kappa shape index (κ2) is 9.59. The molecule has 0 saturated heterocycles. The molecule has 1 unspecified atom stereocenters. The summed E-state index contributed by atoms with van der Waals surface area (Å²) in [6, 6.07) is 10.2. The number of hydrogen-bond donors (Lipinski definition) is 1. The normalized spacial score (nSPS) is 11.3. The topological polar surface area (TPSA) is 88.4 Å². The van der Waals surface area contributed by atoms with Crippen LogP contribution in [0.5, 0.6) is 5.75 Å². The number of anilines is 1. The molecule has 7 heteroatoms. The molecule has 0 aliphatic rings. The molecule has 2 aromatic rings. The van der Waals surface area contributed by atoms with Gasteiger partial charge in [-0.15, -0.1) is 11.3 Å². The van der Waals surface area contributed by atoms with Crippen molar-refractivity contribution in [2.75, 3.05) is 11.9 Å². The zero-order valence-electron chi connectivity index (χ0n) is 14.7. The Morgan fingerprint density at radius 2 is 2.00 bits per heavy atom. The summed E-state index contributed by atoms with van der Waals surface area (Å²) in [4.78, 5) is 24.3. The van der Waals surface area contributed by atoms with Crippen LogP contribution >= 0.6 is 11.3 Å². The molecule has 26 heavy (non-hydrogen) atoms. The van der Waals surface area contributed by atoms with Gasteiger partial charge in [0.1, 0.15) is 16.8 Å². The van der Waals surface area contributed by atoms with Crippen molar-refractivity contribution in [3.05, 3.63) is 46.8 Å². The number of carbonyl (C=O) groups excluding carboxylic acids is 2. The van der Waals surface area contributed by atoms with E-state index in [1.807, 2.05) is 6.07 Å². The van der Waals surface area contributed by atoms with Gasteiger partial charge in [-0.05, 0) is 49.1 Å². The molecule has 1 atom stereocenters. The quantitative estimate of drug-likeness (QED) is 0.559. The largest absolute Gasteiger partial charge is 0.494 e. The van der Waals surface area contributed by atoms with Crippen molar-refractivity contribution in [2.24, 2.45) is 0 Å². The van der Waals surface area contributed by atoms with Crippen LogP contribution in [0, 0.1) is 11.3 Å². The Labute approximate surface area is 156 Å². The molecule has 0 spiro atoms. The van der Waals surface area contributed by atoms with Crippen LogP contribution in [0.15, 0.2) is 35.7 Å². The lowest BCUT2D eigenvalue weighted by Crippen LogP contribution is -2.29. The lowest BCUT2D eigenvalue weighted by molar-refractivity contribution is -0.123. The van der Waals surface area contributed by atoms with Crippen molar-refractivity contribution < 1.29 is 19.1 Å². The fourth-order valence-electron chi connectivity index (χ4n) is 2.01. The maximum absolute atomic E-state index is 12.2. The van der Waals surface area contributed by atoms with E-state index in [4.69, 9.17) is 14.7 Å². The summed E-state index contributed by atoms with van der Waals surface area (Å²) in [5.74, 6) is -0.404. The van der Waals surface area contributed by atoms with E-state index in [0.717, 1.165) is 12.8 Å². The summed E-state index contributed by atoms with van der Waals surface area (Å²) >= 11 is 1.24. The molecule has 0 aliphatic heterocycles. The van der Waals surface area contributed by atoms with Crippen LogP contribution in [0.4, 0.5) is 5.00 Å². The van der Waals surface area contributed by atoms with Crippen LogP contribution in [-0.4, -0.2) is 24.6 Å². The van der Waals surface area contributed by atoms with Crippen molar-refractivity contribution in [1.82, 2.24) is 0 Å². The number of nitriles is 1. The van der Waals surface area contributed by atoms with Crippen molar-refractivity contribution in [3.8, 4) is 11.8 Å². The maximum Gasteiger partial charge on any atom is 0.338 e. The molecule has 6 nitrogen and oxygen atoms in total. The van der Waals surface area contributed by atoms with E-state index in [-0.39, 0.29) is 0 Å². The van der Waals surface area contributed by atoms with E-state index in [2.05, 4.69) is 12.2 Å². The average molecular weight is 372 g/mol. The Balaban J connectivity index is 1.89. The van der Waals surface area contributed by atoms with Crippen LogP contribution in [0.3, 0.4) is 0 Å². The minimum Gasteiger partial charge on any atom is -0.494 e. The summed E-state index contributed by atoms with van der Waals surface area (Å²) in [5, 5.41) is 13.7. The standard InChI is InChI=1S/C19H20N2O4S/c1-3-4-10-24-16-7-5-14(6-8-16)19(23)25-13(2)17(22)21-18-15(12-20)9-11-26-18/h5-9,11,13H,3-4,10H2,1-2H3,(H,21,22). The third-order valence-electron chi connectivity index (χ3n) is 3.53. The van der Waals surface area contributed by atoms with Gasteiger partial charge in [-0.3, -0.25) is 4.79 Å². The van der Waals surface area contributed by atoms with Crippen molar-refractivity contribution in [2.45, 2.75) is 32.8 Å². The average Bonchev–Trinajstić information content (AvgIpc) is 3.09. The molecule has 1 amide bonds. The van der Waals surface area contributed by atoms with Gasteiger partial charge < -0.3 is 14.8 Å². The highest BCUT2D eigenvalue weighted by Gasteiger charge is 2.20. The molecule has 1 N–H and O–H groups in total. The summed E-state index contributed by atoms with van der Waals surface area (Å²) < 4.78 is 10.7. The molecule has 0 fully saturated rings. The molecule has 1 aromatic heterocycles. The van der Waals surface area contributed by atoms with Crippen LogP contribution < -0.4 is 10.1 Å². The number of carbonyl (C=O) groups is 2. The van der Waals surface area contributed by atoms with Crippen LogP contribution in [0.1, 0.15) is 42.6 Å². The van der Waals surface area contributed by atoms with Gasteiger partial charge in [-0.1, -0.05) is 13.3 Å². The lowest BCUT2D eigenvalue weighted by Gasteiger charge is -2.13. The zero-order chi connectivity index (χ0) is 18.9. The first-order valence-electron chi connectivity index (χ1n) is 8.27. The van der Waals surface area contributed by atoms with E-state index in [0.29, 0.717) is 28.5 Å². The number of benzene rings is 1. The molecule has 1 aromatic carbocycles. The summed E-state index contributed by atoms with van der Waals surface area (Å²) in [6.45, 7) is 4.19. The first-order chi connectivity index (χ1) is 12.5. The highest BCUT2D eigenvalue weighted by Crippen LogP contribution is 2.22. The molecular formula is C19H20N2O4S. The number of hydrogen-bond acceptors (Lipinski definition) is 6. The van der Waals surface area contributed by atoms with E-state index in [9.17, 15) is 9.59 Å². The lowest BCUT2D eigenvalue weighted by atomic mass is 10.2. The highest BCUT2D eigenvalue weighted by molar-refractivity contribution is 7.14. The Bertz CT molecular complexity index is 793. The van der Waals surface area contributed by atoms with Crippen LogP contribution in [0.25, 0.3) is 0 Å². The smallest absolute Gasteiger partial charge is 0.338 e. The minimum absolute atomic E-state index is 0.335. The Hall–Kier alpha value is -2.85. The van der Waals surface area contributed by atoms with E-state index >= 15 is 0 Å². The zero-order valence-corrected chi connectivity index (χ0v) is 15.5. The number of ether oxygens (including phenoxy) is 2. The fourth-order valence-corrected chi connectivity index (χ4v) is 2.75. The number of rotatable bonds is 8. The number of esters is 1. The van der Waals surface area contributed by atoms with Gasteiger partial charge in [0, 0.05) is 0 Å². The van der Waals surface area contributed by atoms with Gasteiger partial charge >= 0.3 is 5.97 Å². The summed E-state index contributed by atoms with van der Waals surface area (Å²) in [7, 11) is 0. The maximum atomic E-state index is 12.2. The monoisotopic (exact) mass is 372 g/mol. The molecule has 2 rings (SSSR count). The Morgan fingerprint density at radius 1 is 1.27 bits per heavy atom. The van der Waals surface area contributed by atoms with Gasteiger partial charge in [-0.25, -0.2) is 4.79 Å². The first-order valence-corrected chi connectivity index (χ1v) is 9.15. The predicted molar refractivity (Wildman–Crippen MR) is 99.4 cm³/mol. The molecular weight excluding hydrogens is 352 g/mol. The number of amides is 1. The number of nitrogens with one attached hydrogen (secondary N) is 1. The summed E-state index contributed by atoms with van der Waals surface area (Å²) in [5.41, 5.74) is 0.710. The second-order valence-corrected chi connectivity index (χ2v) is 6.45. The predicted octanol–water partition coefficient (Wildman–Crippen LogP) is 3.98. The van der Waals surface area contributed by atoms with Gasteiger partial charge in [0.15, 0.2) is 6.10 Å². The van der Waals surface area contributed by atoms with E-state index in [1.165, 1.54) is 18.3 Å². The number of unbranched alkanes of at least 4 members (excludes halogenated alkanes) is 1. The number of thiophene rings is 1. The van der Waals surface area contributed by atoms with Gasteiger partial charge in [0.05, 0.1) is 17.7 Å². The number of nitrogens with zero attached hydrogens (tertiary/aromatic N) is 1. The van der Waals surface area contributed by atoms with Gasteiger partial charge in [0.25, 0.3) is 5.91 Å². The SMILES string of the molecule is CCCCOc1ccc(C(=O)OC(C)C(=O)Nc2sccc2C#N)cc1. The minimum atomic E-state index is -0.989. The van der Waals surface area contributed by atoms with Gasteiger partial charge in [-0.2, -0.15) is 5.26 Å². The fraction of sp³-hybridized carbons (Fsp3) is 0.316. The molecule has 0 bridgehead atoms. The third kappa shape index (κ3) is 5.33. The van der Waals surface area contributed by atoms with Crippen LogP contribution in [0.2, 0.25) is 0 Å². The van der Waals surface area contributed by atoms with Crippen molar-refractivity contribution in [3.63, 3.8) is 0 Å². The van der Waals surface area contributed by atoms with Crippen molar-refractivity contribution in [1.29, 1.82) is 5.26 Å². The molecule has 1 heterocycles. The summed E-state index contributed by atoms with van der Waals surface area (Å²) in [6.07, 6.45) is 1.02.